The molecule has 0 spiro atoms. The van der Waals surface area contributed by atoms with Gasteiger partial charge in [0.15, 0.2) is 6.10 Å². The van der Waals surface area contributed by atoms with Crippen molar-refractivity contribution < 1.29 is 18.8 Å². The Kier molecular flexibility index (Phi) is 3.60. The summed E-state index contributed by atoms with van der Waals surface area (Å²) in [7, 11) is 0. The average molecular weight is 292 g/mol. The molecule has 104 valence electrons. The van der Waals surface area contributed by atoms with Gasteiger partial charge in [-0.3, -0.25) is 0 Å². The van der Waals surface area contributed by atoms with E-state index in [1.807, 2.05) is 24.3 Å². The Morgan fingerprint density at radius 3 is 3.20 bits per heavy atom. The highest BCUT2D eigenvalue weighted by Gasteiger charge is 2.27. The number of hydrogen-bond acceptors (Lipinski definition) is 7. The molecule has 1 atom stereocenters. The third-order valence-electron chi connectivity index (χ3n) is 2.69. The zero-order valence-corrected chi connectivity index (χ0v) is 11.6. The van der Waals surface area contributed by atoms with E-state index >= 15 is 0 Å². The van der Waals surface area contributed by atoms with Gasteiger partial charge in [0.2, 0.25) is 5.82 Å². The second-order valence-corrected chi connectivity index (χ2v) is 5.10. The summed E-state index contributed by atoms with van der Waals surface area (Å²) >= 11 is 1.66. The van der Waals surface area contributed by atoms with Crippen LogP contribution < -0.4 is 4.74 Å². The number of ether oxygens (including phenoxy) is 2. The molecule has 1 aliphatic rings. The summed E-state index contributed by atoms with van der Waals surface area (Å²) < 4.78 is 15.5. The average Bonchev–Trinajstić information content (AvgIpc) is 2.97. The van der Waals surface area contributed by atoms with Gasteiger partial charge < -0.3 is 14.0 Å². The van der Waals surface area contributed by atoms with Crippen molar-refractivity contribution in [1.82, 2.24) is 10.1 Å². The number of fused-ring (bicyclic) bond motifs is 1. The van der Waals surface area contributed by atoms with Crippen LogP contribution >= 0.6 is 11.8 Å². The standard InChI is InChI=1S/C13H12N2O4S/c1-2-17-13(16)12-14-11(15-19-12)9-7-20-10-6-4-3-5-8(10)18-9/h3-6,9H,2,7H2,1H3. The molecule has 1 aliphatic heterocycles. The monoisotopic (exact) mass is 292 g/mol. The van der Waals surface area contributed by atoms with Crippen molar-refractivity contribution >= 4 is 17.7 Å². The number of rotatable bonds is 3. The molecule has 2 aromatic rings. The topological polar surface area (TPSA) is 74.5 Å². The van der Waals surface area contributed by atoms with Crippen molar-refractivity contribution in [2.24, 2.45) is 0 Å². The molecule has 2 heterocycles. The molecule has 0 fully saturated rings. The maximum absolute atomic E-state index is 11.5. The highest BCUT2D eigenvalue weighted by molar-refractivity contribution is 7.99. The number of benzene rings is 1. The fourth-order valence-corrected chi connectivity index (χ4v) is 2.77. The first-order valence-electron chi connectivity index (χ1n) is 6.17. The predicted octanol–water partition coefficient (Wildman–Crippen LogP) is 2.47. The third-order valence-corrected chi connectivity index (χ3v) is 3.81. The predicted molar refractivity (Wildman–Crippen MR) is 70.8 cm³/mol. The van der Waals surface area contributed by atoms with Crippen molar-refractivity contribution in [1.29, 1.82) is 0 Å². The van der Waals surface area contributed by atoms with Gasteiger partial charge in [0.1, 0.15) is 5.75 Å². The summed E-state index contributed by atoms with van der Waals surface area (Å²) in [5.41, 5.74) is 0. The highest BCUT2D eigenvalue weighted by Crippen LogP contribution is 2.39. The van der Waals surface area contributed by atoms with E-state index in [0.29, 0.717) is 11.6 Å². The van der Waals surface area contributed by atoms with E-state index in [1.165, 1.54) is 0 Å². The number of thioether (sulfide) groups is 1. The summed E-state index contributed by atoms with van der Waals surface area (Å²) in [5, 5.41) is 3.79. The summed E-state index contributed by atoms with van der Waals surface area (Å²) in [6.07, 6.45) is -0.332. The fraction of sp³-hybridized carbons (Fsp3) is 0.308. The third kappa shape index (κ3) is 2.49. The molecular weight excluding hydrogens is 280 g/mol. The number of hydrogen-bond donors (Lipinski definition) is 0. The molecule has 0 saturated carbocycles. The smallest absolute Gasteiger partial charge is 0.397 e. The molecule has 0 radical (unpaired) electrons. The molecule has 0 aliphatic carbocycles. The summed E-state index contributed by atoms with van der Waals surface area (Å²) in [5.74, 6) is 1.05. The van der Waals surface area contributed by atoms with Crippen molar-refractivity contribution in [3.05, 3.63) is 36.0 Å². The van der Waals surface area contributed by atoms with E-state index in [-0.39, 0.29) is 18.6 Å². The minimum absolute atomic E-state index is 0.144. The van der Waals surface area contributed by atoms with Gasteiger partial charge in [-0.05, 0) is 19.1 Å². The molecule has 20 heavy (non-hydrogen) atoms. The largest absolute Gasteiger partial charge is 0.480 e. The van der Waals surface area contributed by atoms with Gasteiger partial charge in [-0.1, -0.05) is 17.3 Å². The lowest BCUT2D eigenvalue weighted by Gasteiger charge is -2.22. The molecule has 3 rings (SSSR count). The quantitative estimate of drug-likeness (QED) is 0.804. The number of para-hydroxylation sites is 1. The van der Waals surface area contributed by atoms with Crippen LogP contribution in [-0.4, -0.2) is 28.5 Å². The maximum Gasteiger partial charge on any atom is 0.397 e. The Hall–Kier alpha value is -2.02. The molecule has 1 unspecified atom stereocenters. The first kappa shape index (κ1) is 13.0. The number of carbonyl (C=O) groups is 1. The maximum atomic E-state index is 11.5. The normalized spacial score (nSPS) is 17.1. The van der Waals surface area contributed by atoms with Crippen molar-refractivity contribution in [3.8, 4) is 5.75 Å². The minimum atomic E-state index is -0.616. The second kappa shape index (κ2) is 5.54. The molecule has 6 nitrogen and oxygen atoms in total. The van der Waals surface area contributed by atoms with Crippen LogP contribution in [0.25, 0.3) is 0 Å². The van der Waals surface area contributed by atoms with Crippen LogP contribution in [0.1, 0.15) is 29.5 Å². The highest BCUT2D eigenvalue weighted by atomic mass is 32.2. The first-order chi connectivity index (χ1) is 9.78. The van der Waals surface area contributed by atoms with E-state index in [1.54, 1.807) is 18.7 Å². The Labute approximate surface area is 119 Å². The van der Waals surface area contributed by atoms with Gasteiger partial charge in [0.05, 0.1) is 6.61 Å². The number of nitrogens with zero attached hydrogens (tertiary/aromatic N) is 2. The Morgan fingerprint density at radius 1 is 1.50 bits per heavy atom. The Balaban J connectivity index is 1.77. The van der Waals surface area contributed by atoms with Crippen LogP contribution in [0.3, 0.4) is 0 Å². The molecule has 1 aromatic heterocycles. The summed E-state index contributed by atoms with van der Waals surface area (Å²) in [6.45, 7) is 1.98. The van der Waals surface area contributed by atoms with Crippen LogP contribution in [0.4, 0.5) is 0 Å². The van der Waals surface area contributed by atoms with Crippen LogP contribution in [0, 0.1) is 0 Å². The first-order valence-corrected chi connectivity index (χ1v) is 7.15. The van der Waals surface area contributed by atoms with Gasteiger partial charge >= 0.3 is 11.9 Å². The van der Waals surface area contributed by atoms with Crippen LogP contribution in [-0.2, 0) is 4.74 Å². The number of aromatic nitrogens is 2. The minimum Gasteiger partial charge on any atom is -0.480 e. The zero-order valence-electron chi connectivity index (χ0n) is 10.7. The van der Waals surface area contributed by atoms with Gasteiger partial charge in [-0.25, -0.2) is 4.79 Å². The number of esters is 1. The molecule has 0 bridgehead atoms. The van der Waals surface area contributed by atoms with Crippen molar-refractivity contribution in [2.45, 2.75) is 17.9 Å². The van der Waals surface area contributed by atoms with Gasteiger partial charge in [0, 0.05) is 10.6 Å². The van der Waals surface area contributed by atoms with E-state index in [4.69, 9.17) is 14.0 Å². The zero-order chi connectivity index (χ0) is 13.9. The van der Waals surface area contributed by atoms with Gasteiger partial charge in [-0.2, -0.15) is 4.98 Å². The SMILES string of the molecule is CCOC(=O)c1nc(C2CSc3ccccc3O2)no1. The Morgan fingerprint density at radius 2 is 2.35 bits per heavy atom. The van der Waals surface area contributed by atoms with E-state index in [9.17, 15) is 4.79 Å². The van der Waals surface area contributed by atoms with E-state index in [0.717, 1.165) is 10.6 Å². The lowest BCUT2D eigenvalue weighted by molar-refractivity contribution is 0.0470. The van der Waals surface area contributed by atoms with Gasteiger partial charge in [0.25, 0.3) is 0 Å². The fourth-order valence-electron chi connectivity index (χ4n) is 1.79. The summed E-state index contributed by atoms with van der Waals surface area (Å²) in [6, 6.07) is 7.75. The van der Waals surface area contributed by atoms with E-state index in [2.05, 4.69) is 10.1 Å². The van der Waals surface area contributed by atoms with E-state index < -0.39 is 5.97 Å². The molecule has 0 saturated heterocycles. The summed E-state index contributed by atoms with van der Waals surface area (Å²) in [4.78, 5) is 16.6. The van der Waals surface area contributed by atoms with Gasteiger partial charge in [-0.15, -0.1) is 11.8 Å². The number of carbonyl (C=O) groups excluding carboxylic acids is 1. The van der Waals surface area contributed by atoms with Crippen LogP contribution in [0.15, 0.2) is 33.7 Å². The second-order valence-electron chi connectivity index (χ2n) is 4.04. The van der Waals surface area contributed by atoms with Crippen molar-refractivity contribution in [3.63, 3.8) is 0 Å². The molecular formula is C13H12N2O4S. The lowest BCUT2D eigenvalue weighted by Crippen LogP contribution is -2.16. The van der Waals surface area contributed by atoms with Crippen molar-refractivity contribution in [2.75, 3.05) is 12.4 Å². The Bertz CT molecular complexity index is 628. The molecule has 1 aromatic carbocycles. The van der Waals surface area contributed by atoms with Crippen LogP contribution in [0.2, 0.25) is 0 Å². The molecule has 0 N–H and O–H groups in total. The lowest BCUT2D eigenvalue weighted by atomic mass is 10.3. The molecule has 7 heteroatoms. The molecule has 0 amide bonds. The van der Waals surface area contributed by atoms with Crippen LogP contribution in [0.5, 0.6) is 5.75 Å².